The highest BCUT2D eigenvalue weighted by molar-refractivity contribution is 5.34. The summed E-state index contributed by atoms with van der Waals surface area (Å²) in [7, 11) is 2.24. The van der Waals surface area contributed by atoms with Crippen molar-refractivity contribution < 1.29 is 4.74 Å². The lowest BCUT2D eigenvalue weighted by atomic mass is 9.96. The van der Waals surface area contributed by atoms with Gasteiger partial charge < -0.3 is 14.5 Å². The molecule has 1 aromatic rings. The van der Waals surface area contributed by atoms with E-state index in [1.54, 1.807) is 0 Å². The molecule has 0 radical (unpaired) electrons. The van der Waals surface area contributed by atoms with Gasteiger partial charge in [-0.2, -0.15) is 0 Å². The second-order valence-corrected chi connectivity index (χ2v) is 6.27. The first kappa shape index (κ1) is 13.9. The van der Waals surface area contributed by atoms with Crippen molar-refractivity contribution in [3.63, 3.8) is 0 Å². The van der Waals surface area contributed by atoms with Crippen molar-refractivity contribution >= 4 is 0 Å². The molecule has 1 saturated heterocycles. The number of benzene rings is 1. The van der Waals surface area contributed by atoms with Gasteiger partial charge in [0.05, 0.1) is 6.61 Å². The maximum atomic E-state index is 5.88. The molecular weight excluding hydrogens is 248 g/mol. The van der Waals surface area contributed by atoms with Crippen LogP contribution in [0.1, 0.15) is 18.4 Å². The monoisotopic (exact) mass is 274 g/mol. The maximum Gasteiger partial charge on any atom is 0.122 e. The van der Waals surface area contributed by atoms with E-state index in [1.807, 2.05) is 0 Å². The molecule has 2 aliphatic rings. The molecule has 0 spiro atoms. The first-order chi connectivity index (χ1) is 9.81. The van der Waals surface area contributed by atoms with Crippen molar-refractivity contribution in [3.8, 4) is 5.75 Å². The Morgan fingerprint density at radius 3 is 3.00 bits per heavy atom. The van der Waals surface area contributed by atoms with E-state index in [0.717, 1.165) is 18.3 Å². The zero-order valence-electron chi connectivity index (χ0n) is 12.6. The average molecular weight is 274 g/mol. The quantitative estimate of drug-likeness (QED) is 0.823. The lowest BCUT2D eigenvalue weighted by molar-refractivity contribution is 0.214. The van der Waals surface area contributed by atoms with Crippen LogP contribution in [0.2, 0.25) is 0 Å². The van der Waals surface area contributed by atoms with E-state index >= 15 is 0 Å². The Balaban J connectivity index is 1.60. The predicted octanol–water partition coefficient (Wildman–Crippen LogP) is 2.27. The van der Waals surface area contributed by atoms with Gasteiger partial charge in [-0.25, -0.2) is 0 Å². The van der Waals surface area contributed by atoms with E-state index in [9.17, 15) is 0 Å². The third kappa shape index (κ3) is 3.53. The van der Waals surface area contributed by atoms with Crippen molar-refractivity contribution in [2.24, 2.45) is 5.92 Å². The van der Waals surface area contributed by atoms with E-state index in [-0.39, 0.29) is 0 Å². The summed E-state index contributed by atoms with van der Waals surface area (Å²) in [4.78, 5) is 5.10. The average Bonchev–Trinajstić information content (AvgIpc) is 2.77. The molecule has 1 unspecified atom stereocenters. The highest BCUT2D eigenvalue weighted by Gasteiger charge is 2.21. The summed E-state index contributed by atoms with van der Waals surface area (Å²) in [6, 6.07) is 8.54. The summed E-state index contributed by atoms with van der Waals surface area (Å²) in [5, 5.41) is 0. The number of ether oxygens (including phenoxy) is 1. The summed E-state index contributed by atoms with van der Waals surface area (Å²) in [5.41, 5.74) is 1.39. The topological polar surface area (TPSA) is 15.7 Å². The van der Waals surface area contributed by atoms with Crippen LogP contribution in [0.4, 0.5) is 0 Å². The fourth-order valence-corrected chi connectivity index (χ4v) is 3.37. The Morgan fingerprint density at radius 2 is 2.05 bits per heavy atom. The molecule has 3 rings (SSSR count). The highest BCUT2D eigenvalue weighted by Crippen LogP contribution is 2.27. The lowest BCUT2D eigenvalue weighted by Gasteiger charge is -2.25. The van der Waals surface area contributed by atoms with Crippen molar-refractivity contribution in [1.82, 2.24) is 9.80 Å². The fourth-order valence-electron chi connectivity index (χ4n) is 3.37. The number of rotatable bonds is 2. The largest absolute Gasteiger partial charge is 0.493 e. The number of fused-ring (bicyclic) bond motifs is 1. The predicted molar refractivity (Wildman–Crippen MR) is 82.3 cm³/mol. The first-order valence-electron chi connectivity index (χ1n) is 7.93. The zero-order valence-corrected chi connectivity index (χ0v) is 12.6. The summed E-state index contributed by atoms with van der Waals surface area (Å²) in [5.74, 6) is 1.84. The molecule has 0 aromatic heterocycles. The van der Waals surface area contributed by atoms with Crippen LogP contribution in [0, 0.1) is 5.92 Å². The van der Waals surface area contributed by atoms with Gasteiger partial charge in [-0.15, -0.1) is 0 Å². The molecule has 110 valence electrons. The summed E-state index contributed by atoms with van der Waals surface area (Å²) in [6.45, 7) is 7.02. The van der Waals surface area contributed by atoms with Gasteiger partial charge in [0.25, 0.3) is 0 Å². The number of hydrogen-bond acceptors (Lipinski definition) is 3. The van der Waals surface area contributed by atoms with Crippen LogP contribution in [0.3, 0.4) is 0 Å². The molecule has 1 aromatic carbocycles. The van der Waals surface area contributed by atoms with Crippen LogP contribution in [-0.2, 0) is 6.42 Å². The van der Waals surface area contributed by atoms with Gasteiger partial charge >= 0.3 is 0 Å². The highest BCUT2D eigenvalue weighted by atomic mass is 16.5. The molecule has 1 atom stereocenters. The molecule has 0 amide bonds. The number of nitrogens with zero attached hydrogens (tertiary/aromatic N) is 2. The third-order valence-corrected chi connectivity index (χ3v) is 4.59. The molecule has 1 fully saturated rings. The van der Waals surface area contributed by atoms with Crippen LogP contribution in [0.15, 0.2) is 24.3 Å². The second kappa shape index (κ2) is 6.59. The molecular formula is C17H26N2O. The van der Waals surface area contributed by atoms with Crippen LogP contribution in [0.25, 0.3) is 0 Å². The molecule has 2 heterocycles. The molecule has 2 aliphatic heterocycles. The van der Waals surface area contributed by atoms with Gasteiger partial charge in [-0.05, 0) is 56.9 Å². The van der Waals surface area contributed by atoms with E-state index in [4.69, 9.17) is 4.74 Å². The Hall–Kier alpha value is -1.06. The molecule has 0 aliphatic carbocycles. The summed E-state index contributed by atoms with van der Waals surface area (Å²) < 4.78 is 5.88. The first-order valence-corrected chi connectivity index (χ1v) is 7.93. The minimum Gasteiger partial charge on any atom is -0.493 e. The minimum atomic E-state index is 0.738. The fraction of sp³-hybridized carbons (Fsp3) is 0.647. The van der Waals surface area contributed by atoms with Crippen molar-refractivity contribution in [2.45, 2.75) is 19.3 Å². The zero-order chi connectivity index (χ0) is 13.8. The minimum absolute atomic E-state index is 0.738. The molecule has 0 bridgehead atoms. The van der Waals surface area contributed by atoms with Crippen LogP contribution in [-0.4, -0.2) is 56.2 Å². The standard InChI is InChI=1S/C17H26N2O/c1-18-8-4-9-19(11-10-18)14-15-7-12-20-17-6-3-2-5-16(17)13-15/h2-3,5-6,15H,4,7-14H2,1H3. The van der Waals surface area contributed by atoms with Crippen molar-refractivity contribution in [3.05, 3.63) is 29.8 Å². The molecule has 0 N–H and O–H groups in total. The number of likely N-dealkylation sites (N-methyl/N-ethyl adjacent to an activating group) is 1. The smallest absolute Gasteiger partial charge is 0.122 e. The SMILES string of the molecule is CN1CCCN(CC2CCOc3ccccc3C2)CC1. The van der Waals surface area contributed by atoms with E-state index < -0.39 is 0 Å². The number of para-hydroxylation sites is 1. The van der Waals surface area contributed by atoms with E-state index in [2.05, 4.69) is 41.1 Å². The normalized spacial score (nSPS) is 25.4. The Morgan fingerprint density at radius 1 is 1.15 bits per heavy atom. The second-order valence-electron chi connectivity index (χ2n) is 6.27. The Bertz CT molecular complexity index is 435. The van der Waals surface area contributed by atoms with Crippen LogP contribution < -0.4 is 4.74 Å². The third-order valence-electron chi connectivity index (χ3n) is 4.59. The van der Waals surface area contributed by atoms with Gasteiger partial charge in [-0.3, -0.25) is 0 Å². The summed E-state index contributed by atoms with van der Waals surface area (Å²) in [6.07, 6.45) is 3.65. The van der Waals surface area contributed by atoms with Gasteiger partial charge in [-0.1, -0.05) is 18.2 Å². The summed E-state index contributed by atoms with van der Waals surface area (Å²) >= 11 is 0. The van der Waals surface area contributed by atoms with Gasteiger partial charge in [0, 0.05) is 19.6 Å². The Kier molecular flexibility index (Phi) is 4.58. The molecule has 20 heavy (non-hydrogen) atoms. The van der Waals surface area contributed by atoms with Crippen molar-refractivity contribution in [1.29, 1.82) is 0 Å². The van der Waals surface area contributed by atoms with Crippen molar-refractivity contribution in [2.75, 3.05) is 46.4 Å². The number of hydrogen-bond donors (Lipinski definition) is 0. The molecule has 3 nitrogen and oxygen atoms in total. The van der Waals surface area contributed by atoms with Gasteiger partial charge in [0.1, 0.15) is 5.75 Å². The van der Waals surface area contributed by atoms with Crippen LogP contribution >= 0.6 is 0 Å². The lowest BCUT2D eigenvalue weighted by Crippen LogP contribution is -2.34. The van der Waals surface area contributed by atoms with Gasteiger partial charge in [0.15, 0.2) is 0 Å². The Labute approximate surface area is 122 Å². The van der Waals surface area contributed by atoms with Crippen LogP contribution in [0.5, 0.6) is 5.75 Å². The van der Waals surface area contributed by atoms with Gasteiger partial charge in [0.2, 0.25) is 0 Å². The van der Waals surface area contributed by atoms with E-state index in [1.165, 1.54) is 57.5 Å². The molecule has 0 saturated carbocycles. The maximum absolute atomic E-state index is 5.88. The molecule has 3 heteroatoms. The van der Waals surface area contributed by atoms with E-state index in [0.29, 0.717) is 0 Å².